The van der Waals surface area contributed by atoms with Gasteiger partial charge in [-0.05, 0) is 43.9 Å². The molecular formula is C14H20O2. The third-order valence-corrected chi connectivity index (χ3v) is 2.80. The van der Waals surface area contributed by atoms with Crippen molar-refractivity contribution in [1.82, 2.24) is 0 Å². The van der Waals surface area contributed by atoms with E-state index in [2.05, 4.69) is 26.8 Å². The first kappa shape index (κ1) is 12.8. The van der Waals surface area contributed by atoms with Gasteiger partial charge in [0.25, 0.3) is 0 Å². The Morgan fingerprint density at radius 1 is 1.38 bits per heavy atom. The van der Waals surface area contributed by atoms with E-state index in [1.807, 2.05) is 6.07 Å². The van der Waals surface area contributed by atoms with Gasteiger partial charge in [0.1, 0.15) is 11.5 Å². The van der Waals surface area contributed by atoms with Crippen LogP contribution >= 0.6 is 0 Å². The quantitative estimate of drug-likeness (QED) is 0.777. The van der Waals surface area contributed by atoms with Crippen molar-refractivity contribution in [2.45, 2.75) is 40.0 Å². The number of rotatable bonds is 4. The Balaban J connectivity index is 3.15. The Kier molecular flexibility index (Phi) is 4.11. The predicted molar refractivity (Wildman–Crippen MR) is 66.2 cm³/mol. The minimum atomic E-state index is 0.216. The number of carbonyl (C=O) groups is 1. The molecule has 2 heteroatoms. The number of Topliss-reactive ketones (excluding diaryl/α,β-unsaturated/α-hetero) is 1. The summed E-state index contributed by atoms with van der Waals surface area (Å²) in [7, 11) is 1.68. The van der Waals surface area contributed by atoms with Crippen LogP contribution in [0.25, 0.3) is 0 Å². The standard InChI is InChI=1S/C14H20O2/c1-9-6-10(2)14(13(7-9)16-5)11(3)8-12(4)15/h6-7,11H,8H2,1-5H3. The normalized spacial score (nSPS) is 12.3. The zero-order valence-corrected chi connectivity index (χ0v) is 10.8. The number of benzene rings is 1. The summed E-state index contributed by atoms with van der Waals surface area (Å²) in [5.41, 5.74) is 3.54. The average Bonchev–Trinajstić information content (AvgIpc) is 2.14. The second-order valence-electron chi connectivity index (χ2n) is 4.50. The van der Waals surface area contributed by atoms with E-state index in [9.17, 15) is 4.79 Å². The van der Waals surface area contributed by atoms with Crippen LogP contribution in [0.2, 0.25) is 0 Å². The summed E-state index contributed by atoms with van der Waals surface area (Å²) >= 11 is 0. The van der Waals surface area contributed by atoms with E-state index >= 15 is 0 Å². The second-order valence-corrected chi connectivity index (χ2v) is 4.50. The highest BCUT2D eigenvalue weighted by molar-refractivity contribution is 5.76. The fraction of sp³-hybridized carbons (Fsp3) is 0.500. The molecule has 1 atom stereocenters. The van der Waals surface area contributed by atoms with Crippen molar-refractivity contribution in [1.29, 1.82) is 0 Å². The number of ether oxygens (including phenoxy) is 1. The van der Waals surface area contributed by atoms with Crippen LogP contribution in [0.15, 0.2) is 12.1 Å². The molecule has 0 fully saturated rings. The summed E-state index contributed by atoms with van der Waals surface area (Å²) in [6, 6.07) is 4.16. The molecule has 16 heavy (non-hydrogen) atoms. The molecule has 1 aromatic carbocycles. The molecule has 0 aliphatic heterocycles. The Hall–Kier alpha value is -1.31. The first-order valence-corrected chi connectivity index (χ1v) is 5.60. The van der Waals surface area contributed by atoms with E-state index in [1.165, 1.54) is 11.1 Å². The number of methoxy groups -OCH3 is 1. The molecule has 0 saturated heterocycles. The molecule has 0 bridgehead atoms. The molecule has 2 nitrogen and oxygen atoms in total. The Morgan fingerprint density at radius 3 is 2.50 bits per heavy atom. The van der Waals surface area contributed by atoms with E-state index in [1.54, 1.807) is 14.0 Å². The topological polar surface area (TPSA) is 26.3 Å². The molecule has 0 aliphatic carbocycles. The number of hydrogen-bond donors (Lipinski definition) is 0. The van der Waals surface area contributed by atoms with Crippen LogP contribution < -0.4 is 4.74 Å². The molecular weight excluding hydrogens is 200 g/mol. The van der Waals surface area contributed by atoms with Crippen LogP contribution in [0.4, 0.5) is 0 Å². The molecule has 88 valence electrons. The summed E-state index contributed by atoms with van der Waals surface area (Å²) in [6.07, 6.45) is 0.570. The van der Waals surface area contributed by atoms with Gasteiger partial charge < -0.3 is 9.53 Å². The Morgan fingerprint density at radius 2 is 2.00 bits per heavy atom. The van der Waals surface area contributed by atoms with E-state index < -0.39 is 0 Å². The molecule has 1 aromatic rings. The average molecular weight is 220 g/mol. The van der Waals surface area contributed by atoms with Gasteiger partial charge in [0.05, 0.1) is 7.11 Å². The van der Waals surface area contributed by atoms with E-state index in [0.717, 1.165) is 11.3 Å². The van der Waals surface area contributed by atoms with Gasteiger partial charge in [-0.2, -0.15) is 0 Å². The molecule has 0 aliphatic rings. The molecule has 0 radical (unpaired) electrons. The summed E-state index contributed by atoms with van der Waals surface area (Å²) in [6.45, 7) is 7.82. The van der Waals surface area contributed by atoms with Gasteiger partial charge in [-0.15, -0.1) is 0 Å². The van der Waals surface area contributed by atoms with Crippen molar-refractivity contribution in [2.75, 3.05) is 7.11 Å². The molecule has 1 unspecified atom stereocenters. The highest BCUT2D eigenvalue weighted by atomic mass is 16.5. The maximum Gasteiger partial charge on any atom is 0.130 e. The first-order chi connectivity index (χ1) is 7.45. The van der Waals surface area contributed by atoms with Gasteiger partial charge in [-0.25, -0.2) is 0 Å². The summed E-state index contributed by atoms with van der Waals surface area (Å²) in [4.78, 5) is 11.2. The largest absolute Gasteiger partial charge is 0.496 e. The highest BCUT2D eigenvalue weighted by Crippen LogP contribution is 2.32. The lowest BCUT2D eigenvalue weighted by Gasteiger charge is -2.18. The second kappa shape index (κ2) is 5.15. The van der Waals surface area contributed by atoms with Crippen molar-refractivity contribution in [3.05, 3.63) is 28.8 Å². The lowest BCUT2D eigenvalue weighted by Crippen LogP contribution is -2.05. The highest BCUT2D eigenvalue weighted by Gasteiger charge is 2.16. The maximum absolute atomic E-state index is 11.2. The fourth-order valence-electron chi connectivity index (χ4n) is 2.27. The van der Waals surface area contributed by atoms with Gasteiger partial charge >= 0.3 is 0 Å². The molecule has 1 rings (SSSR count). The Labute approximate surface area is 97.6 Å². The number of hydrogen-bond acceptors (Lipinski definition) is 2. The van der Waals surface area contributed by atoms with Crippen LogP contribution in [0.3, 0.4) is 0 Å². The zero-order chi connectivity index (χ0) is 12.3. The van der Waals surface area contributed by atoms with Gasteiger partial charge in [-0.1, -0.05) is 13.0 Å². The fourth-order valence-corrected chi connectivity index (χ4v) is 2.27. The lowest BCUT2D eigenvalue weighted by molar-refractivity contribution is -0.117. The van der Waals surface area contributed by atoms with Crippen molar-refractivity contribution in [3.8, 4) is 5.75 Å². The molecule has 0 saturated carbocycles. The van der Waals surface area contributed by atoms with Gasteiger partial charge in [0.15, 0.2) is 0 Å². The van der Waals surface area contributed by atoms with E-state index in [0.29, 0.717) is 6.42 Å². The summed E-state index contributed by atoms with van der Waals surface area (Å²) in [5.74, 6) is 1.33. The van der Waals surface area contributed by atoms with Crippen LogP contribution in [0.5, 0.6) is 5.75 Å². The third kappa shape index (κ3) is 2.84. The minimum Gasteiger partial charge on any atom is -0.496 e. The first-order valence-electron chi connectivity index (χ1n) is 5.60. The van der Waals surface area contributed by atoms with Crippen molar-refractivity contribution in [2.24, 2.45) is 0 Å². The Bertz CT molecular complexity index is 394. The smallest absolute Gasteiger partial charge is 0.130 e. The predicted octanol–water partition coefficient (Wildman–Crippen LogP) is 3.39. The molecule has 0 N–H and O–H groups in total. The molecule has 0 aromatic heterocycles. The zero-order valence-electron chi connectivity index (χ0n) is 10.8. The number of ketones is 1. The molecule has 0 heterocycles. The van der Waals surface area contributed by atoms with E-state index in [-0.39, 0.29) is 11.7 Å². The summed E-state index contributed by atoms with van der Waals surface area (Å²) in [5, 5.41) is 0. The third-order valence-electron chi connectivity index (χ3n) is 2.80. The van der Waals surface area contributed by atoms with Crippen molar-refractivity contribution >= 4 is 5.78 Å². The van der Waals surface area contributed by atoms with Crippen LogP contribution in [0.1, 0.15) is 42.9 Å². The van der Waals surface area contributed by atoms with Crippen LogP contribution in [-0.4, -0.2) is 12.9 Å². The molecule has 0 spiro atoms. The van der Waals surface area contributed by atoms with Crippen LogP contribution in [-0.2, 0) is 4.79 Å². The SMILES string of the molecule is COc1cc(C)cc(C)c1C(C)CC(C)=O. The van der Waals surface area contributed by atoms with Crippen LogP contribution in [0, 0.1) is 13.8 Å². The van der Waals surface area contributed by atoms with Crippen molar-refractivity contribution in [3.63, 3.8) is 0 Å². The number of carbonyl (C=O) groups excluding carboxylic acids is 1. The minimum absolute atomic E-state index is 0.216. The van der Waals surface area contributed by atoms with Gasteiger partial charge in [0.2, 0.25) is 0 Å². The van der Waals surface area contributed by atoms with E-state index in [4.69, 9.17) is 4.74 Å². The van der Waals surface area contributed by atoms with Crippen molar-refractivity contribution < 1.29 is 9.53 Å². The number of aryl methyl sites for hydroxylation is 2. The maximum atomic E-state index is 11.2. The monoisotopic (exact) mass is 220 g/mol. The van der Waals surface area contributed by atoms with Gasteiger partial charge in [0, 0.05) is 12.0 Å². The van der Waals surface area contributed by atoms with Gasteiger partial charge in [-0.3, -0.25) is 0 Å². The summed E-state index contributed by atoms with van der Waals surface area (Å²) < 4.78 is 5.40. The lowest BCUT2D eigenvalue weighted by atomic mass is 9.90. The molecule has 0 amide bonds.